The van der Waals surface area contributed by atoms with Crippen LogP contribution in [0.25, 0.3) is 21.3 Å². The van der Waals surface area contributed by atoms with Gasteiger partial charge in [-0.15, -0.1) is 0 Å². The van der Waals surface area contributed by atoms with Crippen molar-refractivity contribution in [1.29, 1.82) is 0 Å². The summed E-state index contributed by atoms with van der Waals surface area (Å²) in [7, 11) is 0. The second kappa shape index (κ2) is 8.95. The number of aliphatic hydroxyl groups excluding tert-OH is 1. The molecular weight excluding hydrogens is 442 g/mol. The zero-order valence-corrected chi connectivity index (χ0v) is 19.0. The second-order valence-corrected chi connectivity index (χ2v) is 9.42. The highest BCUT2D eigenvalue weighted by atomic mass is 32.1. The zero-order chi connectivity index (χ0) is 22.9. The largest absolute Gasteiger partial charge is 0.446 e. The summed E-state index contributed by atoms with van der Waals surface area (Å²) in [5.41, 5.74) is 3.09. The number of aliphatic hydroxyl groups is 1. The minimum absolute atomic E-state index is 0.0792. The van der Waals surface area contributed by atoms with Gasteiger partial charge in [-0.05, 0) is 49.4 Å². The Morgan fingerprint density at radius 2 is 2.03 bits per heavy atom. The van der Waals surface area contributed by atoms with E-state index in [4.69, 9.17) is 4.74 Å². The van der Waals surface area contributed by atoms with Crippen molar-refractivity contribution in [3.8, 4) is 11.1 Å². The first-order valence-electron chi connectivity index (χ1n) is 11.1. The molecule has 0 saturated heterocycles. The van der Waals surface area contributed by atoms with Gasteiger partial charge < -0.3 is 20.5 Å². The maximum Gasteiger partial charge on any atom is 0.414 e. The molecule has 1 saturated carbocycles. The smallest absolute Gasteiger partial charge is 0.414 e. The molecule has 3 aromatic rings. The standard InChI is InChI=1S/C23H25N5O4S/c1-13(29)25-22-26-17-8-7-14(10-19(17)33-22)15-9-18-21(24-11-15)27-20(30)12-28(18)23(31)32-16-5-3-2-4-6-16/h7-11,16,20,30H,2-6,12H2,1H3,(H,24,27)(H,25,26,29). The van der Waals surface area contributed by atoms with E-state index in [1.165, 1.54) is 29.6 Å². The van der Waals surface area contributed by atoms with Gasteiger partial charge >= 0.3 is 6.09 Å². The Bertz CT molecular complexity index is 1210. The van der Waals surface area contributed by atoms with Crippen molar-refractivity contribution >= 4 is 50.2 Å². The molecule has 3 N–H and O–H groups in total. The number of pyridine rings is 1. The average molecular weight is 468 g/mol. The van der Waals surface area contributed by atoms with Crippen molar-refractivity contribution in [2.24, 2.45) is 0 Å². The zero-order valence-electron chi connectivity index (χ0n) is 18.2. The molecule has 1 aliphatic carbocycles. The number of benzene rings is 1. The van der Waals surface area contributed by atoms with Gasteiger partial charge in [-0.2, -0.15) is 0 Å². The van der Waals surface area contributed by atoms with Crippen LogP contribution in [0.3, 0.4) is 0 Å². The number of fused-ring (bicyclic) bond motifs is 2. The lowest BCUT2D eigenvalue weighted by atomic mass is 9.98. The lowest BCUT2D eigenvalue weighted by Crippen LogP contribution is -2.46. The third-order valence-electron chi connectivity index (χ3n) is 5.86. The van der Waals surface area contributed by atoms with Crippen molar-refractivity contribution in [1.82, 2.24) is 9.97 Å². The number of β-amino-alcohol motifs (C(OH)–C–C–N with tert-alkyl or cyclic N) is 1. The Hall–Kier alpha value is -3.24. The number of nitrogens with zero attached hydrogens (tertiary/aromatic N) is 3. The van der Waals surface area contributed by atoms with Crippen LogP contribution >= 0.6 is 11.3 Å². The number of thiazole rings is 1. The molecule has 9 nitrogen and oxygen atoms in total. The molecular formula is C23H25N5O4S. The van der Waals surface area contributed by atoms with E-state index in [-0.39, 0.29) is 18.6 Å². The summed E-state index contributed by atoms with van der Waals surface area (Å²) in [4.78, 5) is 34.7. The lowest BCUT2D eigenvalue weighted by Gasteiger charge is -2.33. The summed E-state index contributed by atoms with van der Waals surface area (Å²) in [5.74, 6) is 0.271. The average Bonchev–Trinajstić information content (AvgIpc) is 3.19. The molecule has 172 valence electrons. The van der Waals surface area contributed by atoms with Crippen LogP contribution in [0.2, 0.25) is 0 Å². The van der Waals surface area contributed by atoms with E-state index in [9.17, 15) is 14.7 Å². The van der Waals surface area contributed by atoms with E-state index >= 15 is 0 Å². The van der Waals surface area contributed by atoms with Crippen molar-refractivity contribution in [3.05, 3.63) is 30.5 Å². The normalized spacial score (nSPS) is 18.5. The van der Waals surface area contributed by atoms with E-state index in [1.54, 1.807) is 6.20 Å². The lowest BCUT2D eigenvalue weighted by molar-refractivity contribution is -0.114. The van der Waals surface area contributed by atoms with Crippen LogP contribution in [0.4, 0.5) is 21.4 Å². The SMILES string of the molecule is CC(=O)Nc1nc2ccc(-c3cnc4c(c3)N(C(=O)OC3CCCCC3)CC(O)N4)cc2s1. The number of ether oxygens (including phenoxy) is 1. The first kappa shape index (κ1) is 21.6. The van der Waals surface area contributed by atoms with E-state index in [0.29, 0.717) is 16.6 Å². The molecule has 2 amide bonds. The van der Waals surface area contributed by atoms with Gasteiger partial charge in [0, 0.05) is 18.7 Å². The molecule has 1 unspecified atom stereocenters. The Labute approximate surface area is 194 Å². The Morgan fingerprint density at radius 1 is 1.21 bits per heavy atom. The van der Waals surface area contributed by atoms with Crippen molar-refractivity contribution in [2.75, 3.05) is 22.1 Å². The van der Waals surface area contributed by atoms with Crippen molar-refractivity contribution in [2.45, 2.75) is 51.4 Å². The summed E-state index contributed by atoms with van der Waals surface area (Å²) in [6, 6.07) is 7.68. The van der Waals surface area contributed by atoms with E-state index in [2.05, 4.69) is 20.6 Å². The first-order valence-corrected chi connectivity index (χ1v) is 11.9. The predicted molar refractivity (Wildman–Crippen MR) is 127 cm³/mol. The third-order valence-corrected chi connectivity index (χ3v) is 6.80. The van der Waals surface area contributed by atoms with Gasteiger partial charge in [-0.25, -0.2) is 14.8 Å². The summed E-state index contributed by atoms with van der Waals surface area (Å²) in [6.07, 6.45) is 5.29. The summed E-state index contributed by atoms with van der Waals surface area (Å²) in [6.45, 7) is 1.53. The quantitative estimate of drug-likeness (QED) is 0.525. The van der Waals surface area contributed by atoms with Crippen LogP contribution in [-0.2, 0) is 9.53 Å². The molecule has 0 bridgehead atoms. The predicted octanol–water partition coefficient (Wildman–Crippen LogP) is 4.34. The first-order chi connectivity index (χ1) is 16.0. The molecule has 1 atom stereocenters. The van der Waals surface area contributed by atoms with E-state index in [0.717, 1.165) is 47.0 Å². The van der Waals surface area contributed by atoms with Gasteiger partial charge in [0.25, 0.3) is 0 Å². The van der Waals surface area contributed by atoms with Crippen molar-refractivity contribution in [3.63, 3.8) is 0 Å². The van der Waals surface area contributed by atoms with Crippen LogP contribution in [-0.4, -0.2) is 46.0 Å². The fourth-order valence-electron chi connectivity index (χ4n) is 4.27. The number of rotatable bonds is 3. The van der Waals surface area contributed by atoms with Crippen LogP contribution in [0, 0.1) is 0 Å². The van der Waals surface area contributed by atoms with E-state index < -0.39 is 12.3 Å². The number of hydrogen-bond acceptors (Lipinski definition) is 8. The number of carbonyl (C=O) groups excluding carboxylic acids is 2. The Kier molecular flexibility index (Phi) is 5.86. The maximum absolute atomic E-state index is 13.0. The van der Waals surface area contributed by atoms with Crippen LogP contribution in [0.5, 0.6) is 0 Å². The summed E-state index contributed by atoms with van der Waals surface area (Å²) in [5, 5.41) is 16.4. The second-order valence-electron chi connectivity index (χ2n) is 8.39. The van der Waals surface area contributed by atoms with Crippen LogP contribution < -0.4 is 15.5 Å². The molecule has 3 heterocycles. The number of amides is 2. The van der Waals surface area contributed by atoms with Crippen molar-refractivity contribution < 1.29 is 19.4 Å². The molecule has 10 heteroatoms. The molecule has 2 aliphatic rings. The van der Waals surface area contributed by atoms with E-state index in [1.807, 2.05) is 24.3 Å². The molecule has 33 heavy (non-hydrogen) atoms. The summed E-state index contributed by atoms with van der Waals surface area (Å²) >= 11 is 1.39. The minimum Gasteiger partial charge on any atom is -0.446 e. The number of nitrogens with one attached hydrogen (secondary N) is 2. The topological polar surface area (TPSA) is 117 Å². The van der Waals surface area contributed by atoms with Gasteiger partial charge in [0.2, 0.25) is 5.91 Å². The van der Waals surface area contributed by atoms with Crippen LogP contribution in [0.15, 0.2) is 30.5 Å². The molecule has 2 aromatic heterocycles. The number of hydrogen-bond donors (Lipinski definition) is 3. The van der Waals surface area contributed by atoms with Gasteiger partial charge in [0.15, 0.2) is 10.9 Å². The fraction of sp³-hybridized carbons (Fsp3) is 0.391. The minimum atomic E-state index is -0.921. The molecule has 1 aromatic carbocycles. The van der Waals surface area contributed by atoms with Gasteiger partial charge in [-0.1, -0.05) is 23.8 Å². The Morgan fingerprint density at radius 3 is 2.82 bits per heavy atom. The monoisotopic (exact) mass is 467 g/mol. The summed E-state index contributed by atoms with van der Waals surface area (Å²) < 4.78 is 6.68. The highest BCUT2D eigenvalue weighted by Crippen LogP contribution is 2.36. The number of anilines is 3. The maximum atomic E-state index is 13.0. The Balaban J connectivity index is 1.44. The molecule has 0 radical (unpaired) electrons. The number of aromatic nitrogens is 2. The molecule has 5 rings (SSSR count). The molecule has 1 fully saturated rings. The highest BCUT2D eigenvalue weighted by molar-refractivity contribution is 7.22. The van der Waals surface area contributed by atoms with Crippen LogP contribution in [0.1, 0.15) is 39.0 Å². The molecule has 1 aliphatic heterocycles. The molecule has 0 spiro atoms. The van der Waals surface area contributed by atoms with Gasteiger partial charge in [0.1, 0.15) is 12.3 Å². The third kappa shape index (κ3) is 4.62. The van der Waals surface area contributed by atoms with Gasteiger partial charge in [0.05, 0.1) is 22.4 Å². The fourth-order valence-corrected chi connectivity index (χ4v) is 5.22. The number of carbonyl (C=O) groups is 2. The van der Waals surface area contributed by atoms with Gasteiger partial charge in [-0.3, -0.25) is 9.69 Å². The highest BCUT2D eigenvalue weighted by Gasteiger charge is 2.31.